The van der Waals surface area contributed by atoms with Crippen molar-refractivity contribution in [1.29, 1.82) is 0 Å². The van der Waals surface area contributed by atoms with Crippen molar-refractivity contribution in [1.82, 2.24) is 0 Å². The van der Waals surface area contributed by atoms with Crippen LogP contribution in [0.2, 0.25) is 0 Å². The van der Waals surface area contributed by atoms with Crippen LogP contribution in [0.3, 0.4) is 0 Å². The van der Waals surface area contributed by atoms with Gasteiger partial charge in [0, 0.05) is 6.07 Å². The highest BCUT2D eigenvalue weighted by Gasteiger charge is 2.30. The fourth-order valence-corrected chi connectivity index (χ4v) is 2.79. The summed E-state index contributed by atoms with van der Waals surface area (Å²) in [5, 5.41) is 10.1. The van der Waals surface area contributed by atoms with Gasteiger partial charge in [-0.25, -0.2) is 0 Å². The largest absolute Gasteiger partial charge is 0.573 e. The molecule has 0 aliphatic heterocycles. The molecule has 158 valence electrons. The smallest absolute Gasteiger partial charge is 0.504 e. The highest BCUT2D eigenvalue weighted by Crippen LogP contribution is 2.33. The minimum Gasteiger partial charge on any atom is -0.504 e. The fraction of sp³-hybridized carbons (Fsp3) is 0.217. The van der Waals surface area contributed by atoms with Crippen LogP contribution in [0, 0.1) is 0 Å². The number of halogens is 3. The summed E-state index contributed by atoms with van der Waals surface area (Å²) in [5.74, 6) is 0.559. The number of hydrogen-bond acceptors (Lipinski definition) is 4. The number of benzene rings is 3. The van der Waals surface area contributed by atoms with E-state index in [1.807, 2.05) is 18.2 Å². The van der Waals surface area contributed by atoms with Crippen LogP contribution in [-0.2, 0) is 6.42 Å². The van der Waals surface area contributed by atoms with Gasteiger partial charge in [0.25, 0.3) is 0 Å². The van der Waals surface area contributed by atoms with Crippen molar-refractivity contribution in [3.05, 3.63) is 78.4 Å². The Morgan fingerprint density at radius 2 is 1.43 bits per heavy atom. The summed E-state index contributed by atoms with van der Waals surface area (Å²) in [5.41, 5.74) is 1.28. The van der Waals surface area contributed by atoms with Gasteiger partial charge >= 0.3 is 6.36 Å². The number of phenolic OH excluding ortho intramolecular Hbond substituents is 1. The van der Waals surface area contributed by atoms with E-state index < -0.39 is 6.36 Å². The van der Waals surface area contributed by atoms with Crippen LogP contribution >= 0.6 is 0 Å². The Hall–Kier alpha value is -3.35. The number of alkyl halides is 3. The van der Waals surface area contributed by atoms with Crippen molar-refractivity contribution < 1.29 is 32.5 Å². The van der Waals surface area contributed by atoms with E-state index in [4.69, 9.17) is 9.47 Å². The summed E-state index contributed by atoms with van der Waals surface area (Å²) >= 11 is 0. The van der Waals surface area contributed by atoms with Crippen molar-refractivity contribution in [2.24, 2.45) is 0 Å². The fourth-order valence-electron chi connectivity index (χ4n) is 2.79. The van der Waals surface area contributed by atoms with Crippen LogP contribution in [0.1, 0.15) is 18.4 Å². The van der Waals surface area contributed by atoms with Crippen molar-refractivity contribution in [3.8, 4) is 28.7 Å². The zero-order valence-corrected chi connectivity index (χ0v) is 16.1. The molecule has 30 heavy (non-hydrogen) atoms. The molecule has 0 aliphatic rings. The van der Waals surface area contributed by atoms with Gasteiger partial charge in [0.1, 0.15) is 17.2 Å². The van der Waals surface area contributed by atoms with Crippen molar-refractivity contribution in [3.63, 3.8) is 0 Å². The van der Waals surface area contributed by atoms with E-state index in [-0.39, 0.29) is 11.5 Å². The number of aromatic hydroxyl groups is 1. The van der Waals surface area contributed by atoms with E-state index in [0.717, 1.165) is 31.4 Å². The minimum absolute atomic E-state index is 0.0763. The molecule has 0 radical (unpaired) electrons. The summed E-state index contributed by atoms with van der Waals surface area (Å²) in [4.78, 5) is 0. The zero-order chi connectivity index (χ0) is 21.4. The average molecular weight is 418 g/mol. The monoisotopic (exact) mass is 418 g/mol. The molecule has 0 aromatic heterocycles. The molecule has 3 aromatic carbocycles. The maximum atomic E-state index is 12.2. The first kappa shape index (κ1) is 21.4. The molecule has 4 nitrogen and oxygen atoms in total. The molecule has 0 unspecified atom stereocenters. The number of aryl methyl sites for hydroxylation is 1. The third-order valence-electron chi connectivity index (χ3n) is 4.18. The second-order valence-corrected chi connectivity index (χ2v) is 6.54. The molecule has 0 heterocycles. The summed E-state index contributed by atoms with van der Waals surface area (Å²) in [7, 11) is 0. The summed E-state index contributed by atoms with van der Waals surface area (Å²) in [6.45, 7) is 0.473. The average Bonchev–Trinajstić information content (AvgIpc) is 2.70. The van der Waals surface area contributed by atoms with E-state index in [1.165, 1.54) is 23.8 Å². The van der Waals surface area contributed by atoms with Crippen molar-refractivity contribution in [2.75, 3.05) is 6.61 Å². The van der Waals surface area contributed by atoms with Gasteiger partial charge in [0.05, 0.1) is 6.61 Å². The standard InChI is InChI=1S/C23H21F3O4/c24-23(25,26)30-19-11-9-18(10-12-19)29-20-13-14-22(21(27)16-20)28-15-5-4-8-17-6-2-1-3-7-17/h1-3,6-7,9-14,16,27H,4-5,8,15H2. The second kappa shape index (κ2) is 9.91. The second-order valence-electron chi connectivity index (χ2n) is 6.54. The lowest BCUT2D eigenvalue weighted by Gasteiger charge is -2.12. The Balaban J connectivity index is 1.46. The molecule has 0 aliphatic carbocycles. The Labute approximate surface area is 172 Å². The molecule has 0 amide bonds. The molecule has 0 atom stereocenters. The lowest BCUT2D eigenvalue weighted by molar-refractivity contribution is -0.274. The third kappa shape index (κ3) is 6.92. The van der Waals surface area contributed by atoms with Crippen LogP contribution in [0.5, 0.6) is 28.7 Å². The van der Waals surface area contributed by atoms with Gasteiger partial charge < -0.3 is 19.3 Å². The van der Waals surface area contributed by atoms with Gasteiger partial charge in [-0.2, -0.15) is 0 Å². The third-order valence-corrected chi connectivity index (χ3v) is 4.18. The van der Waals surface area contributed by atoms with E-state index in [1.54, 1.807) is 12.1 Å². The maximum Gasteiger partial charge on any atom is 0.573 e. The van der Waals surface area contributed by atoms with Gasteiger partial charge in [0.15, 0.2) is 11.5 Å². The number of unbranched alkanes of at least 4 members (excludes halogenated alkanes) is 1. The SMILES string of the molecule is Oc1cc(Oc2ccc(OC(F)(F)F)cc2)ccc1OCCCCc1ccccc1. The van der Waals surface area contributed by atoms with Crippen LogP contribution in [0.15, 0.2) is 72.8 Å². The minimum atomic E-state index is -4.74. The Kier molecular flexibility index (Phi) is 7.06. The highest BCUT2D eigenvalue weighted by molar-refractivity contribution is 5.46. The lowest BCUT2D eigenvalue weighted by Crippen LogP contribution is -2.16. The van der Waals surface area contributed by atoms with Gasteiger partial charge in [0.2, 0.25) is 0 Å². The quantitative estimate of drug-likeness (QED) is 0.404. The van der Waals surface area contributed by atoms with Crippen molar-refractivity contribution in [2.45, 2.75) is 25.6 Å². The molecule has 0 saturated carbocycles. The topological polar surface area (TPSA) is 47.9 Å². The first-order chi connectivity index (χ1) is 14.4. The zero-order valence-electron chi connectivity index (χ0n) is 16.1. The Morgan fingerprint density at radius 1 is 0.767 bits per heavy atom. The molecule has 0 spiro atoms. The van der Waals surface area contributed by atoms with Crippen molar-refractivity contribution >= 4 is 0 Å². The van der Waals surface area contributed by atoms with E-state index in [2.05, 4.69) is 16.9 Å². The molecule has 0 bridgehead atoms. The molecule has 3 aromatic rings. The van der Waals surface area contributed by atoms with Gasteiger partial charge in [-0.05, 0) is 61.2 Å². The van der Waals surface area contributed by atoms with Crippen LogP contribution in [0.4, 0.5) is 13.2 Å². The number of ether oxygens (including phenoxy) is 3. The Bertz CT molecular complexity index is 925. The lowest BCUT2D eigenvalue weighted by atomic mass is 10.1. The molecule has 3 rings (SSSR count). The van der Waals surface area contributed by atoms with E-state index >= 15 is 0 Å². The van der Waals surface area contributed by atoms with Gasteiger partial charge in [-0.3, -0.25) is 0 Å². The van der Waals surface area contributed by atoms with Gasteiger partial charge in [-0.15, -0.1) is 13.2 Å². The summed E-state index contributed by atoms with van der Waals surface area (Å²) in [6, 6.07) is 19.7. The predicted molar refractivity (Wildman–Crippen MR) is 106 cm³/mol. The first-order valence-electron chi connectivity index (χ1n) is 9.42. The number of rotatable bonds is 9. The normalized spacial score (nSPS) is 11.2. The summed E-state index contributed by atoms with van der Waals surface area (Å²) < 4.78 is 51.5. The molecular weight excluding hydrogens is 397 g/mol. The summed E-state index contributed by atoms with van der Waals surface area (Å²) in [6.07, 6.45) is -1.96. The van der Waals surface area contributed by atoms with E-state index in [0.29, 0.717) is 23.9 Å². The van der Waals surface area contributed by atoms with E-state index in [9.17, 15) is 18.3 Å². The van der Waals surface area contributed by atoms with Gasteiger partial charge in [-0.1, -0.05) is 30.3 Å². The number of hydrogen-bond donors (Lipinski definition) is 1. The van der Waals surface area contributed by atoms with Crippen LogP contribution < -0.4 is 14.2 Å². The molecule has 1 N–H and O–H groups in total. The first-order valence-corrected chi connectivity index (χ1v) is 9.42. The van der Waals surface area contributed by atoms with Crippen LogP contribution in [0.25, 0.3) is 0 Å². The molecule has 7 heteroatoms. The van der Waals surface area contributed by atoms with Crippen LogP contribution in [-0.4, -0.2) is 18.1 Å². The Morgan fingerprint density at radius 3 is 2.10 bits per heavy atom. The maximum absolute atomic E-state index is 12.2. The molecular formula is C23H21F3O4. The number of phenols is 1. The highest BCUT2D eigenvalue weighted by atomic mass is 19.4. The molecule has 0 fully saturated rings. The predicted octanol–water partition coefficient (Wildman–Crippen LogP) is 6.48. The molecule has 0 saturated heterocycles.